The van der Waals surface area contributed by atoms with Gasteiger partial charge in [0.1, 0.15) is 5.75 Å². The van der Waals surface area contributed by atoms with Crippen LogP contribution in [0.25, 0.3) is 0 Å². The van der Waals surface area contributed by atoms with Crippen LogP contribution in [0.4, 0.5) is 0 Å². The Morgan fingerprint density at radius 2 is 2.20 bits per heavy atom. The maximum atomic E-state index is 11.6. The third kappa shape index (κ3) is 3.11. The molecular formula is C15H23N3O2. The third-order valence-corrected chi connectivity index (χ3v) is 3.80. The number of rotatable bonds is 5. The van der Waals surface area contributed by atoms with E-state index < -0.39 is 0 Å². The molecule has 20 heavy (non-hydrogen) atoms. The zero-order valence-electron chi connectivity index (χ0n) is 12.1. The summed E-state index contributed by atoms with van der Waals surface area (Å²) in [6, 6.07) is 7.87. The molecule has 0 spiro atoms. The molecule has 5 nitrogen and oxygen atoms in total. The van der Waals surface area contributed by atoms with Gasteiger partial charge in [0, 0.05) is 24.7 Å². The number of hydrogen-bond acceptors (Lipinski definition) is 4. The van der Waals surface area contributed by atoms with Crippen LogP contribution in [0, 0.1) is 0 Å². The molecule has 2 rings (SSSR count). The highest BCUT2D eigenvalue weighted by atomic mass is 16.5. The molecule has 1 amide bonds. The molecular weight excluding hydrogens is 254 g/mol. The van der Waals surface area contributed by atoms with E-state index >= 15 is 0 Å². The number of hydrogen-bond donors (Lipinski definition) is 2. The van der Waals surface area contributed by atoms with E-state index in [0.29, 0.717) is 13.1 Å². The number of ether oxygens (including phenoxy) is 1. The highest BCUT2D eigenvalue weighted by Crippen LogP contribution is 2.32. The van der Waals surface area contributed by atoms with Gasteiger partial charge in [-0.1, -0.05) is 25.1 Å². The van der Waals surface area contributed by atoms with Crippen molar-refractivity contribution in [1.29, 1.82) is 0 Å². The molecule has 3 N–H and O–H groups in total. The lowest BCUT2D eigenvalue weighted by Crippen LogP contribution is -2.52. The first-order valence-electron chi connectivity index (χ1n) is 7.06. The van der Waals surface area contributed by atoms with Gasteiger partial charge in [-0.2, -0.15) is 0 Å². The summed E-state index contributed by atoms with van der Waals surface area (Å²) in [7, 11) is 1.66. The molecule has 2 atom stereocenters. The molecule has 1 fully saturated rings. The fourth-order valence-corrected chi connectivity index (χ4v) is 2.73. The minimum atomic E-state index is -0.0304. The van der Waals surface area contributed by atoms with Gasteiger partial charge < -0.3 is 15.8 Å². The minimum absolute atomic E-state index is 0.00204. The predicted octanol–water partition coefficient (Wildman–Crippen LogP) is 0.905. The summed E-state index contributed by atoms with van der Waals surface area (Å²) in [4.78, 5) is 13.8. The summed E-state index contributed by atoms with van der Waals surface area (Å²) in [5.74, 6) is 0.881. The number of nitrogens with two attached hydrogens (primary N) is 1. The Morgan fingerprint density at radius 1 is 1.45 bits per heavy atom. The second kappa shape index (κ2) is 6.72. The highest BCUT2D eigenvalue weighted by molar-refractivity contribution is 5.78. The number of para-hydroxylation sites is 1. The minimum Gasteiger partial charge on any atom is -0.496 e. The molecule has 1 heterocycles. The second-order valence-corrected chi connectivity index (χ2v) is 5.08. The lowest BCUT2D eigenvalue weighted by atomic mass is 9.95. The van der Waals surface area contributed by atoms with Crippen LogP contribution in [0.1, 0.15) is 24.9 Å². The number of carbonyl (C=O) groups is 1. The molecule has 0 bridgehead atoms. The largest absolute Gasteiger partial charge is 0.496 e. The normalized spacial score (nSPS) is 19.2. The van der Waals surface area contributed by atoms with Crippen LogP contribution < -0.4 is 15.8 Å². The molecule has 5 heteroatoms. The molecule has 1 aromatic carbocycles. The number of benzene rings is 1. The molecule has 0 aromatic heterocycles. The van der Waals surface area contributed by atoms with E-state index in [-0.39, 0.29) is 18.0 Å². The Hall–Kier alpha value is -1.59. The van der Waals surface area contributed by atoms with Gasteiger partial charge in [-0.05, 0) is 12.5 Å². The van der Waals surface area contributed by atoms with Crippen LogP contribution in [-0.2, 0) is 4.79 Å². The summed E-state index contributed by atoms with van der Waals surface area (Å²) in [5.41, 5.74) is 7.37. The van der Waals surface area contributed by atoms with Gasteiger partial charge in [0.05, 0.1) is 19.7 Å². The second-order valence-electron chi connectivity index (χ2n) is 5.08. The Bertz CT molecular complexity index is 464. The zero-order valence-corrected chi connectivity index (χ0v) is 12.1. The van der Waals surface area contributed by atoms with Gasteiger partial charge in [-0.25, -0.2) is 0 Å². The molecule has 1 aromatic rings. The predicted molar refractivity (Wildman–Crippen MR) is 78.6 cm³/mol. The molecule has 1 aliphatic heterocycles. The summed E-state index contributed by atoms with van der Waals surface area (Å²) < 4.78 is 5.46. The molecule has 0 radical (unpaired) electrons. The highest BCUT2D eigenvalue weighted by Gasteiger charge is 2.31. The van der Waals surface area contributed by atoms with Crippen LogP contribution in [0.15, 0.2) is 24.3 Å². The van der Waals surface area contributed by atoms with Gasteiger partial charge in [0.2, 0.25) is 5.91 Å². The number of carbonyl (C=O) groups excluding carboxylic acids is 1. The quantitative estimate of drug-likeness (QED) is 0.839. The van der Waals surface area contributed by atoms with Crippen molar-refractivity contribution < 1.29 is 9.53 Å². The Balaban J connectivity index is 2.34. The summed E-state index contributed by atoms with van der Waals surface area (Å²) in [6.07, 6.45) is 0.848. The van der Waals surface area contributed by atoms with E-state index in [1.807, 2.05) is 24.3 Å². The molecule has 1 aliphatic rings. The molecule has 0 saturated carbocycles. The van der Waals surface area contributed by atoms with Crippen molar-refractivity contribution in [3.63, 3.8) is 0 Å². The van der Waals surface area contributed by atoms with E-state index in [0.717, 1.165) is 24.3 Å². The number of amides is 1. The summed E-state index contributed by atoms with van der Waals surface area (Å²) in [5, 5.41) is 2.85. The van der Waals surface area contributed by atoms with Crippen molar-refractivity contribution in [2.75, 3.05) is 26.7 Å². The van der Waals surface area contributed by atoms with Crippen molar-refractivity contribution in [2.45, 2.75) is 25.4 Å². The average Bonchev–Trinajstić information content (AvgIpc) is 2.48. The van der Waals surface area contributed by atoms with Crippen LogP contribution in [0.2, 0.25) is 0 Å². The number of methoxy groups -OCH3 is 1. The van der Waals surface area contributed by atoms with Gasteiger partial charge in [-0.15, -0.1) is 0 Å². The van der Waals surface area contributed by atoms with E-state index in [2.05, 4.69) is 17.1 Å². The number of nitrogens with zero attached hydrogens (tertiary/aromatic N) is 1. The van der Waals surface area contributed by atoms with E-state index in [9.17, 15) is 4.79 Å². The molecule has 2 unspecified atom stereocenters. The van der Waals surface area contributed by atoms with Crippen molar-refractivity contribution in [3.05, 3.63) is 29.8 Å². The van der Waals surface area contributed by atoms with Crippen molar-refractivity contribution in [3.8, 4) is 5.75 Å². The maximum Gasteiger partial charge on any atom is 0.234 e. The Kier molecular flexibility index (Phi) is 4.98. The monoisotopic (exact) mass is 277 g/mol. The molecule has 0 aliphatic carbocycles. The number of nitrogens with one attached hydrogen (secondary N) is 1. The lowest BCUT2D eigenvalue weighted by Gasteiger charge is -2.38. The number of piperazine rings is 1. The maximum absolute atomic E-state index is 11.6. The molecule has 110 valence electrons. The van der Waals surface area contributed by atoms with Gasteiger partial charge in [0.25, 0.3) is 0 Å². The van der Waals surface area contributed by atoms with Crippen LogP contribution >= 0.6 is 0 Å². The topological polar surface area (TPSA) is 67.6 Å². The first-order valence-corrected chi connectivity index (χ1v) is 7.06. The standard InChI is InChI=1S/C15H23N3O2/c1-3-12(16)15(18-9-8-17-14(19)10-18)11-6-4-5-7-13(11)20-2/h4-7,12,15H,3,8-10,16H2,1-2H3,(H,17,19). The van der Waals surface area contributed by atoms with Gasteiger partial charge in [-0.3, -0.25) is 9.69 Å². The smallest absolute Gasteiger partial charge is 0.234 e. The Labute approximate surface area is 120 Å². The Morgan fingerprint density at radius 3 is 2.85 bits per heavy atom. The van der Waals surface area contributed by atoms with E-state index in [4.69, 9.17) is 10.5 Å². The first kappa shape index (κ1) is 14.8. The van der Waals surface area contributed by atoms with Crippen LogP contribution in [0.3, 0.4) is 0 Å². The average molecular weight is 277 g/mol. The van der Waals surface area contributed by atoms with Gasteiger partial charge >= 0.3 is 0 Å². The fraction of sp³-hybridized carbons (Fsp3) is 0.533. The van der Waals surface area contributed by atoms with E-state index in [1.54, 1.807) is 7.11 Å². The van der Waals surface area contributed by atoms with Crippen molar-refractivity contribution >= 4 is 5.91 Å². The van der Waals surface area contributed by atoms with E-state index in [1.165, 1.54) is 0 Å². The molecule has 1 saturated heterocycles. The zero-order chi connectivity index (χ0) is 14.5. The van der Waals surface area contributed by atoms with Crippen molar-refractivity contribution in [2.24, 2.45) is 5.73 Å². The first-order chi connectivity index (χ1) is 9.67. The SMILES string of the molecule is CCC(N)C(c1ccccc1OC)N1CCNC(=O)C1. The lowest BCUT2D eigenvalue weighted by molar-refractivity contribution is -0.125. The van der Waals surface area contributed by atoms with Crippen LogP contribution in [0.5, 0.6) is 5.75 Å². The third-order valence-electron chi connectivity index (χ3n) is 3.80. The van der Waals surface area contributed by atoms with Crippen molar-refractivity contribution in [1.82, 2.24) is 10.2 Å². The summed E-state index contributed by atoms with van der Waals surface area (Å²) >= 11 is 0. The van der Waals surface area contributed by atoms with Crippen LogP contribution in [-0.4, -0.2) is 43.6 Å². The fourth-order valence-electron chi connectivity index (χ4n) is 2.73. The van der Waals surface area contributed by atoms with Gasteiger partial charge in [0.15, 0.2) is 0 Å². The summed E-state index contributed by atoms with van der Waals surface area (Å²) in [6.45, 7) is 3.93.